The van der Waals surface area contributed by atoms with Gasteiger partial charge in [0.05, 0.1) is 8.07 Å². The Morgan fingerprint density at radius 3 is 1.93 bits per heavy atom. The van der Waals surface area contributed by atoms with Gasteiger partial charge in [0.25, 0.3) is 0 Å². The lowest BCUT2D eigenvalue weighted by Crippen LogP contribution is -2.34. The van der Waals surface area contributed by atoms with Gasteiger partial charge in [-0.2, -0.15) is 0 Å². The number of hydrogen-bond acceptors (Lipinski definition) is 1. The molecule has 14 heavy (non-hydrogen) atoms. The van der Waals surface area contributed by atoms with Gasteiger partial charge in [-0.3, -0.25) is 4.98 Å². The van der Waals surface area contributed by atoms with Crippen molar-refractivity contribution >= 4 is 8.07 Å². The second kappa shape index (κ2) is 4.26. The maximum Gasteiger partial charge on any atom is 0.0524 e. The Morgan fingerprint density at radius 2 is 1.57 bits per heavy atom. The van der Waals surface area contributed by atoms with Crippen molar-refractivity contribution in [3.63, 3.8) is 0 Å². The third-order valence-corrected chi connectivity index (χ3v) is 5.53. The number of rotatable bonds is 3. The van der Waals surface area contributed by atoms with Crippen LogP contribution in [0.2, 0.25) is 19.6 Å². The smallest absolute Gasteiger partial charge is 0.0524 e. The Hall–Kier alpha value is -0.633. The van der Waals surface area contributed by atoms with E-state index in [9.17, 15) is 0 Å². The maximum atomic E-state index is 4.08. The summed E-state index contributed by atoms with van der Waals surface area (Å²) in [5, 5.41) is 0. The average molecular weight is 207 g/mol. The van der Waals surface area contributed by atoms with Crippen molar-refractivity contribution in [2.45, 2.75) is 39.0 Å². The molecular formula is C12H21NSi. The summed E-state index contributed by atoms with van der Waals surface area (Å²) < 4.78 is 0. The van der Waals surface area contributed by atoms with Crippen LogP contribution in [0.3, 0.4) is 0 Å². The van der Waals surface area contributed by atoms with Gasteiger partial charge in [0.15, 0.2) is 0 Å². The highest BCUT2D eigenvalue weighted by molar-refractivity contribution is 6.77. The van der Waals surface area contributed by atoms with Gasteiger partial charge < -0.3 is 0 Å². The van der Waals surface area contributed by atoms with Crippen LogP contribution < -0.4 is 0 Å². The van der Waals surface area contributed by atoms with E-state index in [0.29, 0.717) is 0 Å². The maximum absolute atomic E-state index is 4.08. The first-order chi connectivity index (χ1) is 6.43. The highest BCUT2D eigenvalue weighted by Crippen LogP contribution is 2.33. The predicted octanol–water partition coefficient (Wildman–Crippen LogP) is 3.70. The SMILES string of the molecule is CC(C)C(c1ccncc1)[Si](C)(C)C. The van der Waals surface area contributed by atoms with Crippen LogP contribution in [0, 0.1) is 5.92 Å². The third-order valence-electron chi connectivity index (χ3n) is 2.66. The van der Waals surface area contributed by atoms with Crippen molar-refractivity contribution in [1.29, 1.82) is 0 Å². The molecule has 0 fully saturated rings. The fraction of sp³-hybridized carbons (Fsp3) is 0.583. The zero-order valence-corrected chi connectivity index (χ0v) is 10.9. The first kappa shape index (κ1) is 11.4. The Morgan fingerprint density at radius 1 is 1.07 bits per heavy atom. The van der Waals surface area contributed by atoms with Crippen LogP contribution in [0.25, 0.3) is 0 Å². The van der Waals surface area contributed by atoms with Crippen molar-refractivity contribution in [3.8, 4) is 0 Å². The van der Waals surface area contributed by atoms with E-state index in [2.05, 4.69) is 50.6 Å². The van der Waals surface area contributed by atoms with Gasteiger partial charge in [-0.1, -0.05) is 33.5 Å². The normalized spacial score (nSPS) is 14.4. The molecule has 0 saturated heterocycles. The van der Waals surface area contributed by atoms with E-state index in [1.165, 1.54) is 5.56 Å². The van der Waals surface area contributed by atoms with E-state index < -0.39 is 8.07 Å². The molecule has 1 rings (SSSR count). The summed E-state index contributed by atoms with van der Waals surface area (Å²) in [6, 6.07) is 4.34. The van der Waals surface area contributed by atoms with Crippen molar-refractivity contribution in [2.75, 3.05) is 0 Å². The topological polar surface area (TPSA) is 12.9 Å². The molecule has 0 aliphatic heterocycles. The zero-order valence-electron chi connectivity index (χ0n) is 9.91. The molecule has 1 unspecified atom stereocenters. The second-order valence-corrected chi connectivity index (χ2v) is 10.7. The lowest BCUT2D eigenvalue weighted by molar-refractivity contribution is 0.604. The molecule has 0 N–H and O–H groups in total. The van der Waals surface area contributed by atoms with Crippen LogP contribution in [0.15, 0.2) is 24.5 Å². The molecule has 0 radical (unpaired) electrons. The van der Waals surface area contributed by atoms with E-state index in [0.717, 1.165) is 11.5 Å². The highest BCUT2D eigenvalue weighted by Gasteiger charge is 2.30. The summed E-state index contributed by atoms with van der Waals surface area (Å²) in [4.78, 5) is 4.08. The molecule has 0 spiro atoms. The lowest BCUT2D eigenvalue weighted by atomic mass is 10.0. The minimum Gasteiger partial charge on any atom is -0.265 e. The summed E-state index contributed by atoms with van der Waals surface area (Å²) >= 11 is 0. The molecule has 0 saturated carbocycles. The van der Waals surface area contributed by atoms with E-state index in [-0.39, 0.29) is 0 Å². The van der Waals surface area contributed by atoms with Crippen LogP contribution >= 0.6 is 0 Å². The van der Waals surface area contributed by atoms with Crippen LogP contribution in [-0.4, -0.2) is 13.1 Å². The standard InChI is InChI=1S/C12H21NSi/c1-10(2)12(14(3,4)5)11-6-8-13-9-7-11/h6-10,12H,1-5H3. The number of pyridine rings is 1. The van der Waals surface area contributed by atoms with E-state index >= 15 is 0 Å². The van der Waals surface area contributed by atoms with Crippen molar-refractivity contribution < 1.29 is 0 Å². The van der Waals surface area contributed by atoms with E-state index in [1.54, 1.807) is 0 Å². The predicted molar refractivity (Wildman–Crippen MR) is 65.2 cm³/mol. The number of hydrogen-bond donors (Lipinski definition) is 0. The monoisotopic (exact) mass is 207 g/mol. The Labute approximate surface area is 88.6 Å². The van der Waals surface area contributed by atoms with Crippen LogP contribution in [-0.2, 0) is 0 Å². The summed E-state index contributed by atoms with van der Waals surface area (Å²) in [5.74, 6) is 0.726. The third kappa shape index (κ3) is 2.68. The van der Waals surface area contributed by atoms with Gasteiger partial charge >= 0.3 is 0 Å². The van der Waals surface area contributed by atoms with Gasteiger partial charge in [0.2, 0.25) is 0 Å². The molecule has 0 amide bonds. The quantitative estimate of drug-likeness (QED) is 0.689. The molecule has 78 valence electrons. The molecule has 0 aliphatic carbocycles. The largest absolute Gasteiger partial charge is 0.265 e. The molecule has 1 atom stereocenters. The van der Waals surface area contributed by atoms with Gasteiger partial charge in [-0.05, 0) is 29.2 Å². The minimum atomic E-state index is -1.12. The number of aromatic nitrogens is 1. The fourth-order valence-corrected chi connectivity index (χ4v) is 5.65. The van der Waals surface area contributed by atoms with Crippen LogP contribution in [0.1, 0.15) is 25.0 Å². The average Bonchev–Trinajstić information content (AvgIpc) is 2.02. The summed E-state index contributed by atoms with van der Waals surface area (Å²) in [6.07, 6.45) is 3.82. The van der Waals surface area contributed by atoms with Crippen LogP contribution in [0.5, 0.6) is 0 Å². The van der Waals surface area contributed by atoms with Crippen molar-refractivity contribution in [2.24, 2.45) is 5.92 Å². The molecule has 2 heteroatoms. The summed E-state index contributed by atoms with van der Waals surface area (Å²) in [5.41, 5.74) is 2.21. The molecule has 1 heterocycles. The molecular weight excluding hydrogens is 186 g/mol. The molecule has 0 aliphatic rings. The molecule has 1 nitrogen and oxygen atoms in total. The van der Waals surface area contributed by atoms with Crippen molar-refractivity contribution in [1.82, 2.24) is 4.98 Å². The van der Waals surface area contributed by atoms with Gasteiger partial charge in [0.1, 0.15) is 0 Å². The summed E-state index contributed by atoms with van der Waals surface area (Å²) in [7, 11) is -1.12. The van der Waals surface area contributed by atoms with Gasteiger partial charge in [0, 0.05) is 12.4 Å². The second-order valence-electron chi connectivity index (χ2n) is 5.37. The molecule has 0 aromatic carbocycles. The molecule has 0 bridgehead atoms. The minimum absolute atomic E-state index is 0.726. The number of nitrogens with zero attached hydrogens (tertiary/aromatic N) is 1. The van der Waals surface area contributed by atoms with Crippen LogP contribution in [0.4, 0.5) is 0 Å². The molecule has 1 aromatic heterocycles. The van der Waals surface area contributed by atoms with E-state index in [1.807, 2.05) is 12.4 Å². The van der Waals surface area contributed by atoms with E-state index in [4.69, 9.17) is 0 Å². The Bertz CT molecular complexity index is 274. The Balaban J connectivity index is 3.02. The summed E-state index contributed by atoms with van der Waals surface area (Å²) in [6.45, 7) is 12.0. The zero-order chi connectivity index (χ0) is 10.8. The first-order valence-electron chi connectivity index (χ1n) is 5.33. The lowest BCUT2D eigenvalue weighted by Gasteiger charge is -2.32. The Kier molecular flexibility index (Phi) is 3.48. The first-order valence-corrected chi connectivity index (χ1v) is 8.90. The molecule has 1 aromatic rings. The van der Waals surface area contributed by atoms with Crippen molar-refractivity contribution in [3.05, 3.63) is 30.1 Å². The highest BCUT2D eigenvalue weighted by atomic mass is 28.3. The van der Waals surface area contributed by atoms with Gasteiger partial charge in [-0.25, -0.2) is 0 Å². The van der Waals surface area contributed by atoms with Gasteiger partial charge in [-0.15, -0.1) is 0 Å². The fourth-order valence-electron chi connectivity index (χ4n) is 2.46.